The van der Waals surface area contributed by atoms with E-state index in [1.807, 2.05) is 11.0 Å². The summed E-state index contributed by atoms with van der Waals surface area (Å²) in [6.45, 7) is 5.35. The number of benzene rings is 1. The minimum absolute atomic E-state index is 0.139. The zero-order chi connectivity index (χ0) is 14.7. The second kappa shape index (κ2) is 6.56. The molecule has 0 bridgehead atoms. The average Bonchev–Trinajstić information content (AvgIpc) is 2.94. The molecule has 2 N–H and O–H groups in total. The quantitative estimate of drug-likeness (QED) is 0.870. The number of ether oxygens (including phenoxy) is 1. The highest BCUT2D eigenvalue weighted by atomic mass is 16.5. The van der Waals surface area contributed by atoms with Gasteiger partial charge < -0.3 is 15.4 Å². The highest BCUT2D eigenvalue weighted by molar-refractivity contribution is 5.80. The molecular weight excluding hydrogens is 266 g/mol. The first-order valence-electron chi connectivity index (χ1n) is 7.62. The Kier molecular flexibility index (Phi) is 4.53. The summed E-state index contributed by atoms with van der Waals surface area (Å²) in [5.41, 5.74) is 7.26. The lowest BCUT2D eigenvalue weighted by Gasteiger charge is -2.36. The summed E-state index contributed by atoms with van der Waals surface area (Å²) in [5, 5.41) is 0. The van der Waals surface area contributed by atoms with Crippen LogP contribution in [0.25, 0.3) is 0 Å². The summed E-state index contributed by atoms with van der Waals surface area (Å²) >= 11 is 0. The molecule has 2 saturated heterocycles. The molecule has 1 aromatic carbocycles. The van der Waals surface area contributed by atoms with E-state index in [1.54, 1.807) is 0 Å². The van der Waals surface area contributed by atoms with Gasteiger partial charge in [-0.1, -0.05) is 30.3 Å². The standard InChI is InChI=1S/C16H23N3O2/c17-15-12-21-11-14(15)16(20)19-8-6-18(7-9-19)10-13-4-2-1-3-5-13/h1-5,14-15H,6-12,17H2. The van der Waals surface area contributed by atoms with Gasteiger partial charge in [-0.25, -0.2) is 0 Å². The van der Waals surface area contributed by atoms with Crippen molar-refractivity contribution in [3.05, 3.63) is 35.9 Å². The van der Waals surface area contributed by atoms with E-state index in [1.165, 1.54) is 5.56 Å². The van der Waals surface area contributed by atoms with E-state index >= 15 is 0 Å². The molecule has 0 saturated carbocycles. The van der Waals surface area contributed by atoms with Gasteiger partial charge in [0.2, 0.25) is 5.91 Å². The Morgan fingerprint density at radius 3 is 2.48 bits per heavy atom. The molecule has 0 aromatic heterocycles. The molecule has 0 aliphatic carbocycles. The highest BCUT2D eigenvalue weighted by Gasteiger charge is 2.35. The van der Waals surface area contributed by atoms with Crippen LogP contribution in [0.2, 0.25) is 0 Å². The van der Waals surface area contributed by atoms with Crippen LogP contribution < -0.4 is 5.73 Å². The van der Waals surface area contributed by atoms with Gasteiger partial charge in [0.25, 0.3) is 0 Å². The molecule has 2 aliphatic heterocycles. The first-order chi connectivity index (χ1) is 10.2. The summed E-state index contributed by atoms with van der Waals surface area (Å²) in [5.74, 6) is 0.0186. The Hall–Kier alpha value is -1.43. The van der Waals surface area contributed by atoms with Crippen molar-refractivity contribution in [2.45, 2.75) is 12.6 Å². The van der Waals surface area contributed by atoms with Gasteiger partial charge in [-0.2, -0.15) is 0 Å². The lowest BCUT2D eigenvalue weighted by Crippen LogP contribution is -2.52. The van der Waals surface area contributed by atoms with Crippen molar-refractivity contribution in [2.75, 3.05) is 39.4 Å². The predicted octanol–water partition coefficient (Wildman–Crippen LogP) is 0.305. The molecule has 5 heteroatoms. The van der Waals surface area contributed by atoms with E-state index in [4.69, 9.17) is 10.5 Å². The lowest BCUT2D eigenvalue weighted by molar-refractivity contribution is -0.137. The number of carbonyl (C=O) groups excluding carboxylic acids is 1. The molecule has 1 amide bonds. The topological polar surface area (TPSA) is 58.8 Å². The van der Waals surface area contributed by atoms with Crippen molar-refractivity contribution >= 4 is 5.91 Å². The van der Waals surface area contributed by atoms with Crippen molar-refractivity contribution in [2.24, 2.45) is 11.7 Å². The highest BCUT2D eigenvalue weighted by Crippen LogP contribution is 2.17. The van der Waals surface area contributed by atoms with Gasteiger partial charge in [0.15, 0.2) is 0 Å². The molecule has 2 atom stereocenters. The Morgan fingerprint density at radius 2 is 1.86 bits per heavy atom. The smallest absolute Gasteiger partial charge is 0.229 e. The maximum absolute atomic E-state index is 12.4. The number of carbonyl (C=O) groups is 1. The normalized spacial score (nSPS) is 27.0. The van der Waals surface area contributed by atoms with E-state index < -0.39 is 0 Å². The van der Waals surface area contributed by atoms with Gasteiger partial charge >= 0.3 is 0 Å². The SMILES string of the molecule is NC1COCC1C(=O)N1CCN(Cc2ccccc2)CC1. The second-order valence-electron chi connectivity index (χ2n) is 5.89. The molecule has 114 valence electrons. The van der Waals surface area contributed by atoms with E-state index in [-0.39, 0.29) is 17.9 Å². The minimum atomic E-state index is -0.148. The van der Waals surface area contributed by atoms with E-state index in [2.05, 4.69) is 29.2 Å². The van der Waals surface area contributed by atoms with Crippen LogP contribution in [0, 0.1) is 5.92 Å². The van der Waals surface area contributed by atoms with E-state index in [9.17, 15) is 4.79 Å². The lowest BCUT2D eigenvalue weighted by atomic mass is 10.0. The third-order valence-electron chi connectivity index (χ3n) is 4.37. The third kappa shape index (κ3) is 3.43. The van der Waals surface area contributed by atoms with Crippen LogP contribution in [0.4, 0.5) is 0 Å². The zero-order valence-electron chi connectivity index (χ0n) is 12.3. The van der Waals surface area contributed by atoms with Gasteiger partial charge in [0.05, 0.1) is 19.1 Å². The summed E-state index contributed by atoms with van der Waals surface area (Å²) in [6.07, 6.45) is 0. The van der Waals surface area contributed by atoms with Crippen LogP contribution in [-0.2, 0) is 16.1 Å². The van der Waals surface area contributed by atoms with Crippen molar-refractivity contribution < 1.29 is 9.53 Å². The Morgan fingerprint density at radius 1 is 1.14 bits per heavy atom. The van der Waals surface area contributed by atoms with Crippen LogP contribution in [0.1, 0.15) is 5.56 Å². The number of nitrogens with zero attached hydrogens (tertiary/aromatic N) is 2. The first-order valence-corrected chi connectivity index (χ1v) is 7.62. The summed E-state index contributed by atoms with van der Waals surface area (Å²) in [7, 11) is 0. The van der Waals surface area contributed by atoms with Crippen LogP contribution in [-0.4, -0.2) is 61.1 Å². The molecule has 5 nitrogen and oxygen atoms in total. The number of nitrogens with two attached hydrogens (primary N) is 1. The number of rotatable bonds is 3. The second-order valence-corrected chi connectivity index (χ2v) is 5.89. The van der Waals surface area contributed by atoms with Crippen molar-refractivity contribution in [1.82, 2.24) is 9.80 Å². The van der Waals surface area contributed by atoms with Gasteiger partial charge in [-0.05, 0) is 5.56 Å². The maximum atomic E-state index is 12.4. The third-order valence-corrected chi connectivity index (χ3v) is 4.37. The number of hydrogen-bond acceptors (Lipinski definition) is 4. The van der Waals surface area contributed by atoms with Crippen LogP contribution in [0.3, 0.4) is 0 Å². The molecular formula is C16H23N3O2. The van der Waals surface area contributed by atoms with Crippen LogP contribution in [0.15, 0.2) is 30.3 Å². The van der Waals surface area contributed by atoms with E-state index in [0.717, 1.165) is 32.7 Å². The fraction of sp³-hybridized carbons (Fsp3) is 0.562. The minimum Gasteiger partial charge on any atom is -0.379 e. The average molecular weight is 289 g/mol. The molecule has 2 aliphatic rings. The molecule has 1 aromatic rings. The Bertz CT molecular complexity index is 472. The summed E-state index contributed by atoms with van der Waals surface area (Å²) < 4.78 is 5.30. The van der Waals surface area contributed by atoms with Gasteiger partial charge in [-0.3, -0.25) is 9.69 Å². The Balaban J connectivity index is 1.50. The largest absolute Gasteiger partial charge is 0.379 e. The molecule has 3 rings (SSSR count). The molecule has 2 heterocycles. The van der Waals surface area contributed by atoms with Crippen LogP contribution >= 0.6 is 0 Å². The summed E-state index contributed by atoms with van der Waals surface area (Å²) in [6, 6.07) is 10.3. The number of hydrogen-bond donors (Lipinski definition) is 1. The molecule has 2 fully saturated rings. The maximum Gasteiger partial charge on any atom is 0.229 e. The van der Waals surface area contributed by atoms with Crippen molar-refractivity contribution in [1.29, 1.82) is 0 Å². The van der Waals surface area contributed by atoms with Crippen molar-refractivity contribution in [3.8, 4) is 0 Å². The van der Waals surface area contributed by atoms with Gasteiger partial charge in [-0.15, -0.1) is 0 Å². The summed E-state index contributed by atoms with van der Waals surface area (Å²) in [4.78, 5) is 16.8. The number of amides is 1. The fourth-order valence-corrected chi connectivity index (χ4v) is 3.03. The monoisotopic (exact) mass is 289 g/mol. The molecule has 2 unspecified atom stereocenters. The van der Waals surface area contributed by atoms with Crippen LogP contribution in [0.5, 0.6) is 0 Å². The van der Waals surface area contributed by atoms with Gasteiger partial charge in [0, 0.05) is 38.8 Å². The number of piperazine rings is 1. The van der Waals surface area contributed by atoms with Gasteiger partial charge in [0.1, 0.15) is 0 Å². The fourth-order valence-electron chi connectivity index (χ4n) is 3.03. The van der Waals surface area contributed by atoms with E-state index in [0.29, 0.717) is 13.2 Å². The zero-order valence-corrected chi connectivity index (χ0v) is 12.3. The van der Waals surface area contributed by atoms with Crippen molar-refractivity contribution in [3.63, 3.8) is 0 Å². The molecule has 0 spiro atoms. The first kappa shape index (κ1) is 14.5. The Labute approximate surface area is 125 Å². The molecule has 21 heavy (non-hydrogen) atoms. The predicted molar refractivity (Wildman–Crippen MR) is 80.6 cm³/mol. The molecule has 0 radical (unpaired) electrons.